The molecule has 0 saturated carbocycles. The summed E-state index contributed by atoms with van der Waals surface area (Å²) in [6.07, 6.45) is -1.31. The van der Waals surface area contributed by atoms with E-state index in [1.807, 2.05) is 60.7 Å². The number of carbonyl (C=O) groups is 1. The molecule has 0 aliphatic rings. The fourth-order valence-corrected chi connectivity index (χ4v) is 3.30. The highest BCUT2D eigenvalue weighted by Crippen LogP contribution is 2.30. The first kappa shape index (κ1) is 21.1. The average molecular weight is 431 g/mol. The van der Waals surface area contributed by atoms with Crippen molar-refractivity contribution < 1.29 is 18.7 Å². The average Bonchev–Trinajstić information content (AvgIpc) is 3.21. The molecule has 7 heteroatoms. The van der Waals surface area contributed by atoms with Crippen LogP contribution in [0.1, 0.15) is 39.2 Å². The molecule has 0 unspecified atom stereocenters. The summed E-state index contributed by atoms with van der Waals surface area (Å²) in [5, 5.41) is 13.1. The van der Waals surface area contributed by atoms with Crippen LogP contribution in [0.15, 0.2) is 96.1 Å². The monoisotopic (exact) mass is 431 g/mol. The number of nitrogens with zero attached hydrogens (tertiary/aromatic N) is 3. The van der Waals surface area contributed by atoms with Crippen molar-refractivity contribution in [2.45, 2.75) is 13.0 Å². The van der Waals surface area contributed by atoms with Gasteiger partial charge in [-0.2, -0.15) is 5.10 Å². The van der Waals surface area contributed by atoms with Crippen LogP contribution in [0.25, 0.3) is 0 Å². The van der Waals surface area contributed by atoms with Gasteiger partial charge in [-0.3, -0.25) is 4.68 Å². The van der Waals surface area contributed by atoms with Crippen molar-refractivity contribution in [3.63, 3.8) is 0 Å². The van der Waals surface area contributed by atoms with Crippen molar-refractivity contribution in [3.05, 3.63) is 119 Å². The number of rotatable bonds is 7. The Labute approximate surface area is 183 Å². The van der Waals surface area contributed by atoms with Gasteiger partial charge in [-0.05, 0) is 17.7 Å². The summed E-state index contributed by atoms with van der Waals surface area (Å²) in [5.41, 5.74) is 2.75. The fraction of sp³-hybridized carbons (Fsp3) is 0.0800. The second kappa shape index (κ2) is 9.34. The van der Waals surface area contributed by atoms with Crippen LogP contribution in [-0.2, 0) is 6.54 Å². The quantitative estimate of drug-likeness (QED) is 0.380. The lowest BCUT2D eigenvalue weighted by atomic mass is 10.0. The molecule has 1 N–H and O–H groups in total. The van der Waals surface area contributed by atoms with E-state index in [2.05, 4.69) is 10.1 Å². The summed E-state index contributed by atoms with van der Waals surface area (Å²) in [7, 11) is 0. The molecule has 160 valence electrons. The third kappa shape index (κ3) is 4.78. The van der Waals surface area contributed by atoms with Crippen LogP contribution in [0, 0.1) is 0 Å². The largest absolute Gasteiger partial charge is 0.478 e. The zero-order valence-electron chi connectivity index (χ0n) is 16.9. The number of aromatic nitrogens is 2. The van der Waals surface area contributed by atoms with Crippen LogP contribution in [0.2, 0.25) is 0 Å². The minimum Gasteiger partial charge on any atom is -0.478 e. The van der Waals surface area contributed by atoms with Crippen molar-refractivity contribution in [1.82, 2.24) is 9.78 Å². The number of hydrogen-bond donors (Lipinski definition) is 1. The molecule has 1 heterocycles. The zero-order chi connectivity index (χ0) is 22.5. The summed E-state index contributed by atoms with van der Waals surface area (Å²) < 4.78 is 28.9. The highest BCUT2D eigenvalue weighted by Gasteiger charge is 2.20. The minimum absolute atomic E-state index is 0.0878. The van der Waals surface area contributed by atoms with Crippen LogP contribution in [0.4, 0.5) is 14.5 Å². The molecule has 4 rings (SSSR count). The Balaban J connectivity index is 1.73. The lowest BCUT2D eigenvalue weighted by Gasteiger charge is -2.07. The predicted molar refractivity (Wildman–Crippen MR) is 118 cm³/mol. The Hall–Kier alpha value is -4.13. The van der Waals surface area contributed by atoms with E-state index in [9.17, 15) is 13.6 Å². The normalized spacial score (nSPS) is 10.8. The Morgan fingerprint density at radius 1 is 0.875 bits per heavy atom. The lowest BCUT2D eigenvalue weighted by Crippen LogP contribution is -2.02. The van der Waals surface area contributed by atoms with Crippen molar-refractivity contribution in [2.24, 2.45) is 4.99 Å². The molecule has 3 aromatic carbocycles. The van der Waals surface area contributed by atoms with E-state index in [-0.39, 0.29) is 17.8 Å². The van der Waals surface area contributed by atoms with Gasteiger partial charge in [-0.1, -0.05) is 72.8 Å². The van der Waals surface area contributed by atoms with Gasteiger partial charge >= 0.3 is 5.97 Å². The van der Waals surface area contributed by atoms with Crippen molar-refractivity contribution in [1.29, 1.82) is 0 Å². The molecule has 0 atom stereocenters. The van der Waals surface area contributed by atoms with E-state index in [0.29, 0.717) is 5.71 Å². The van der Waals surface area contributed by atoms with Crippen LogP contribution < -0.4 is 0 Å². The van der Waals surface area contributed by atoms with Gasteiger partial charge in [0.2, 0.25) is 0 Å². The summed E-state index contributed by atoms with van der Waals surface area (Å²) >= 11 is 0. The number of carboxylic acid groups (broad SMARTS) is 1. The topological polar surface area (TPSA) is 67.5 Å². The van der Waals surface area contributed by atoms with E-state index in [0.717, 1.165) is 16.7 Å². The minimum atomic E-state index is -2.79. The second-order valence-corrected chi connectivity index (χ2v) is 7.09. The van der Waals surface area contributed by atoms with E-state index in [1.165, 1.54) is 23.0 Å². The third-order valence-corrected chi connectivity index (χ3v) is 4.85. The number of aliphatic imine (C=N–C) groups is 1. The molecule has 32 heavy (non-hydrogen) atoms. The number of carboxylic acids is 1. The predicted octanol–water partition coefficient (Wildman–Crippen LogP) is 5.74. The second-order valence-electron chi connectivity index (χ2n) is 7.09. The van der Waals surface area contributed by atoms with E-state index in [4.69, 9.17) is 5.11 Å². The highest BCUT2D eigenvalue weighted by atomic mass is 19.3. The van der Waals surface area contributed by atoms with Gasteiger partial charge in [0.15, 0.2) is 5.69 Å². The number of benzene rings is 3. The van der Waals surface area contributed by atoms with Crippen LogP contribution in [-0.4, -0.2) is 26.6 Å². The molecule has 0 amide bonds. The summed E-state index contributed by atoms with van der Waals surface area (Å²) in [4.78, 5) is 15.6. The third-order valence-electron chi connectivity index (χ3n) is 4.85. The van der Waals surface area contributed by atoms with Crippen LogP contribution in [0.3, 0.4) is 0 Å². The van der Waals surface area contributed by atoms with Gasteiger partial charge in [-0.15, -0.1) is 0 Å². The lowest BCUT2D eigenvalue weighted by molar-refractivity contribution is 0.0697. The molecule has 4 aromatic rings. The van der Waals surface area contributed by atoms with Crippen molar-refractivity contribution in [2.75, 3.05) is 0 Å². The van der Waals surface area contributed by atoms with Crippen molar-refractivity contribution >= 4 is 17.4 Å². The molecule has 0 aliphatic carbocycles. The Morgan fingerprint density at radius 3 is 1.94 bits per heavy atom. The first-order chi connectivity index (χ1) is 15.5. The Morgan fingerprint density at radius 2 is 1.44 bits per heavy atom. The number of alkyl halides is 2. The smallest absolute Gasteiger partial charge is 0.335 e. The van der Waals surface area contributed by atoms with Gasteiger partial charge in [0.05, 0.1) is 24.0 Å². The van der Waals surface area contributed by atoms with Gasteiger partial charge in [0.1, 0.15) is 5.69 Å². The summed E-state index contributed by atoms with van der Waals surface area (Å²) in [6, 6.07) is 24.9. The Bertz CT molecular complexity index is 1190. The molecule has 0 spiro atoms. The maximum Gasteiger partial charge on any atom is 0.335 e. The molecule has 0 bridgehead atoms. The van der Waals surface area contributed by atoms with Gasteiger partial charge in [0, 0.05) is 11.1 Å². The van der Waals surface area contributed by atoms with Crippen LogP contribution >= 0.6 is 0 Å². The van der Waals surface area contributed by atoms with Crippen LogP contribution in [0.5, 0.6) is 0 Å². The molecular weight excluding hydrogens is 412 g/mol. The number of halogens is 2. The first-order valence-corrected chi connectivity index (χ1v) is 9.88. The number of hydrogen-bond acceptors (Lipinski definition) is 3. The molecular formula is C25H19F2N3O2. The molecule has 0 fully saturated rings. The highest BCUT2D eigenvalue weighted by molar-refractivity contribution is 6.14. The molecule has 5 nitrogen and oxygen atoms in total. The first-order valence-electron chi connectivity index (χ1n) is 9.88. The van der Waals surface area contributed by atoms with Gasteiger partial charge < -0.3 is 5.11 Å². The maximum absolute atomic E-state index is 13.8. The Kier molecular flexibility index (Phi) is 6.17. The fourth-order valence-electron chi connectivity index (χ4n) is 3.30. The molecule has 0 saturated heterocycles. The van der Waals surface area contributed by atoms with E-state index in [1.54, 1.807) is 12.1 Å². The van der Waals surface area contributed by atoms with Gasteiger partial charge in [0.25, 0.3) is 6.43 Å². The SMILES string of the molecule is O=C(O)c1ccc(Cn2cc(N=C(c3ccccc3)c3ccccc3)c(C(F)F)n2)cc1. The summed E-state index contributed by atoms with van der Waals surface area (Å²) in [5.74, 6) is -1.03. The van der Waals surface area contributed by atoms with E-state index < -0.39 is 18.1 Å². The summed E-state index contributed by atoms with van der Waals surface area (Å²) in [6.45, 7) is 0.209. The maximum atomic E-state index is 13.8. The number of aromatic carboxylic acids is 1. The van der Waals surface area contributed by atoms with Gasteiger partial charge in [-0.25, -0.2) is 18.6 Å². The standard InChI is InChI=1S/C25H19F2N3O2/c26-24(27)23-21(16-30(29-23)15-17-11-13-20(14-12-17)25(31)32)28-22(18-7-3-1-4-8-18)19-9-5-2-6-10-19/h1-14,16,24H,15H2,(H,31,32). The van der Waals surface area contributed by atoms with E-state index >= 15 is 0 Å². The molecule has 1 aromatic heterocycles. The van der Waals surface area contributed by atoms with Crippen molar-refractivity contribution in [3.8, 4) is 0 Å². The molecule has 0 radical (unpaired) electrons. The zero-order valence-corrected chi connectivity index (χ0v) is 16.9. The molecule has 0 aliphatic heterocycles.